The minimum absolute atomic E-state index is 1.04. The summed E-state index contributed by atoms with van der Waals surface area (Å²) in [6, 6.07) is 4.27. The van der Waals surface area contributed by atoms with Crippen molar-refractivity contribution in [3.8, 4) is 0 Å². The molecule has 0 spiro atoms. The highest BCUT2D eigenvalue weighted by molar-refractivity contribution is 6.69. The second-order valence-electron chi connectivity index (χ2n) is 6.41. The van der Waals surface area contributed by atoms with E-state index in [2.05, 4.69) is 13.8 Å². The Kier molecular flexibility index (Phi) is 13.7. The van der Waals surface area contributed by atoms with Gasteiger partial charge in [0.1, 0.15) is 0 Å². The largest absolute Gasteiger partial charge is 0.398 e. The Hall–Kier alpha value is 0.274. The van der Waals surface area contributed by atoms with Crippen LogP contribution in [-0.4, -0.2) is 45.6 Å². The van der Waals surface area contributed by atoms with Gasteiger partial charge < -0.3 is 17.7 Å². The molecule has 4 nitrogen and oxygen atoms in total. The van der Waals surface area contributed by atoms with Gasteiger partial charge in [0, 0.05) is 28.4 Å². The maximum absolute atomic E-state index is 5.86. The number of hydrogen-bond acceptors (Lipinski definition) is 4. The van der Waals surface area contributed by atoms with Gasteiger partial charge in [-0.1, -0.05) is 52.4 Å². The smallest absolute Gasteiger partial charge is 0.337 e. The Morgan fingerprint density at radius 2 is 0.783 bits per heavy atom. The first-order chi connectivity index (χ1) is 11.1. The van der Waals surface area contributed by atoms with Crippen LogP contribution >= 0.6 is 0 Å². The van der Waals surface area contributed by atoms with Gasteiger partial charge in [-0.25, -0.2) is 0 Å². The second-order valence-corrected chi connectivity index (χ2v) is 13.7. The highest BCUT2D eigenvalue weighted by Gasteiger charge is 2.38. The van der Waals surface area contributed by atoms with Crippen LogP contribution < -0.4 is 0 Å². The Morgan fingerprint density at radius 3 is 1.04 bits per heavy atom. The average molecular weight is 365 g/mol. The van der Waals surface area contributed by atoms with E-state index in [0.717, 1.165) is 30.6 Å². The lowest BCUT2D eigenvalue weighted by atomic mass is 10.3. The van der Waals surface area contributed by atoms with E-state index in [4.69, 9.17) is 17.7 Å². The molecule has 0 fully saturated rings. The van der Waals surface area contributed by atoms with E-state index >= 15 is 0 Å². The van der Waals surface area contributed by atoms with Gasteiger partial charge in [0.25, 0.3) is 0 Å². The fraction of sp³-hybridized carbons (Fsp3) is 1.00. The molecule has 6 heteroatoms. The molecule has 0 amide bonds. The van der Waals surface area contributed by atoms with Crippen molar-refractivity contribution in [1.29, 1.82) is 0 Å². The maximum Gasteiger partial charge on any atom is 0.337 e. The van der Waals surface area contributed by atoms with Gasteiger partial charge in [0.15, 0.2) is 0 Å². The molecule has 23 heavy (non-hydrogen) atoms. The summed E-state index contributed by atoms with van der Waals surface area (Å²) < 4.78 is 23.5. The highest BCUT2D eigenvalue weighted by Crippen LogP contribution is 2.29. The summed E-state index contributed by atoms with van der Waals surface area (Å²) in [5.74, 6) is 0. The summed E-state index contributed by atoms with van der Waals surface area (Å²) in [7, 11) is 3.21. The number of unbranched alkanes of at least 4 members (excludes halogenated alkanes) is 4. The second kappa shape index (κ2) is 13.6. The molecule has 0 heterocycles. The molecule has 0 aliphatic heterocycles. The molecular weight excluding hydrogens is 324 g/mol. The molecule has 0 radical (unpaired) electrons. The summed E-state index contributed by atoms with van der Waals surface area (Å²) in [5.41, 5.74) is 0. The van der Waals surface area contributed by atoms with E-state index in [1.165, 1.54) is 38.5 Å². The monoisotopic (exact) mass is 364 g/mol. The summed E-state index contributed by atoms with van der Waals surface area (Å²) in [4.78, 5) is 0. The summed E-state index contributed by atoms with van der Waals surface area (Å²) in [6.07, 6.45) is 8.48. The first-order valence-electron chi connectivity index (χ1n) is 9.28. The fourth-order valence-electron chi connectivity index (χ4n) is 3.15. The van der Waals surface area contributed by atoms with E-state index in [1.807, 2.05) is 28.4 Å². The normalized spacial score (nSPS) is 12.8. The van der Waals surface area contributed by atoms with E-state index in [-0.39, 0.29) is 0 Å². The van der Waals surface area contributed by atoms with Gasteiger partial charge >= 0.3 is 17.1 Å². The van der Waals surface area contributed by atoms with Crippen molar-refractivity contribution in [2.75, 3.05) is 28.4 Å². The SMILES string of the molecule is CCCCC[Si](CCC[Si](CCCCC)(OC)OC)(OC)OC. The molecule has 0 rings (SSSR count). The van der Waals surface area contributed by atoms with E-state index in [1.54, 1.807) is 0 Å². The molecule has 0 aromatic rings. The standard InChI is InChI=1S/C17H40O4Si2/c1-7-9-11-14-22(18-3,19-4)16-13-17-23(20-5,21-6)15-12-10-8-2/h7-17H2,1-6H3. The predicted molar refractivity (Wildman–Crippen MR) is 102 cm³/mol. The highest BCUT2D eigenvalue weighted by atomic mass is 28.4. The van der Waals surface area contributed by atoms with E-state index < -0.39 is 17.1 Å². The lowest BCUT2D eigenvalue weighted by molar-refractivity contribution is 0.231. The van der Waals surface area contributed by atoms with Crippen molar-refractivity contribution in [1.82, 2.24) is 0 Å². The Bertz CT molecular complexity index is 243. The van der Waals surface area contributed by atoms with Crippen LogP contribution in [0.3, 0.4) is 0 Å². The van der Waals surface area contributed by atoms with Crippen LogP contribution in [0.1, 0.15) is 58.8 Å². The first kappa shape index (κ1) is 23.3. The molecule has 0 bridgehead atoms. The van der Waals surface area contributed by atoms with Gasteiger partial charge in [-0.2, -0.15) is 0 Å². The topological polar surface area (TPSA) is 36.9 Å². The third kappa shape index (κ3) is 8.79. The van der Waals surface area contributed by atoms with Gasteiger partial charge in [-0.3, -0.25) is 0 Å². The third-order valence-electron chi connectivity index (χ3n) is 4.93. The van der Waals surface area contributed by atoms with Crippen LogP contribution in [0.15, 0.2) is 0 Å². The van der Waals surface area contributed by atoms with Crippen molar-refractivity contribution in [2.45, 2.75) is 83.0 Å². The van der Waals surface area contributed by atoms with Crippen molar-refractivity contribution in [3.05, 3.63) is 0 Å². The Labute approximate surface area is 146 Å². The van der Waals surface area contributed by atoms with Crippen LogP contribution in [0.2, 0.25) is 24.2 Å². The minimum atomic E-state index is -2.03. The molecule has 0 saturated carbocycles. The lowest BCUT2D eigenvalue weighted by Crippen LogP contribution is -2.43. The fourth-order valence-corrected chi connectivity index (χ4v) is 8.98. The van der Waals surface area contributed by atoms with Crippen LogP contribution in [0.25, 0.3) is 0 Å². The molecule has 0 aromatic heterocycles. The zero-order valence-electron chi connectivity index (χ0n) is 16.4. The maximum atomic E-state index is 5.86. The number of hydrogen-bond donors (Lipinski definition) is 0. The van der Waals surface area contributed by atoms with Gasteiger partial charge in [0.2, 0.25) is 0 Å². The van der Waals surface area contributed by atoms with Crippen LogP contribution in [0.4, 0.5) is 0 Å². The zero-order valence-corrected chi connectivity index (χ0v) is 18.4. The molecule has 0 unspecified atom stereocenters. The molecule has 0 atom stereocenters. The van der Waals surface area contributed by atoms with E-state index in [9.17, 15) is 0 Å². The Balaban J connectivity index is 4.50. The molecule has 0 aliphatic rings. The third-order valence-corrected chi connectivity index (χ3v) is 12.4. The van der Waals surface area contributed by atoms with Gasteiger partial charge in [-0.05, 0) is 30.6 Å². The number of rotatable bonds is 16. The molecular formula is C17H40O4Si2. The van der Waals surface area contributed by atoms with E-state index in [0.29, 0.717) is 0 Å². The minimum Gasteiger partial charge on any atom is -0.398 e. The van der Waals surface area contributed by atoms with Gasteiger partial charge in [-0.15, -0.1) is 0 Å². The van der Waals surface area contributed by atoms with Crippen molar-refractivity contribution in [2.24, 2.45) is 0 Å². The van der Waals surface area contributed by atoms with Gasteiger partial charge in [0.05, 0.1) is 0 Å². The van der Waals surface area contributed by atoms with Crippen molar-refractivity contribution in [3.63, 3.8) is 0 Å². The van der Waals surface area contributed by atoms with Crippen LogP contribution in [-0.2, 0) is 17.7 Å². The molecule has 0 saturated heterocycles. The van der Waals surface area contributed by atoms with Crippen LogP contribution in [0.5, 0.6) is 0 Å². The molecule has 0 aromatic carbocycles. The molecule has 0 N–H and O–H groups in total. The predicted octanol–water partition coefficient (Wildman–Crippen LogP) is 5.23. The van der Waals surface area contributed by atoms with Crippen LogP contribution in [0, 0.1) is 0 Å². The quantitative estimate of drug-likeness (QED) is 0.278. The Morgan fingerprint density at radius 1 is 0.478 bits per heavy atom. The first-order valence-corrected chi connectivity index (χ1v) is 13.7. The lowest BCUT2D eigenvalue weighted by Gasteiger charge is -2.31. The van der Waals surface area contributed by atoms with Crippen molar-refractivity contribution >= 4 is 17.1 Å². The summed E-state index contributed by atoms with van der Waals surface area (Å²) in [6.45, 7) is 4.46. The van der Waals surface area contributed by atoms with Crippen molar-refractivity contribution < 1.29 is 17.7 Å². The molecule has 140 valence electrons. The summed E-state index contributed by atoms with van der Waals surface area (Å²) in [5, 5.41) is 0. The zero-order chi connectivity index (χ0) is 17.6. The average Bonchev–Trinajstić information content (AvgIpc) is 2.59. The molecule has 0 aliphatic carbocycles. The summed E-state index contributed by atoms with van der Waals surface area (Å²) >= 11 is 0.